The standard InChI is InChI=1S/C16H17ClFN/c1-12(7-13-5-3-2-4-6-13)19-11-14-8-15(17)10-16(18)9-14/h2-6,8-10,12,19H,7,11H2,1H3. The van der Waals surface area contributed by atoms with E-state index >= 15 is 0 Å². The number of hydrogen-bond acceptors (Lipinski definition) is 1. The molecule has 0 aliphatic heterocycles. The van der Waals surface area contributed by atoms with Gasteiger partial charge in [-0.05, 0) is 42.7 Å². The summed E-state index contributed by atoms with van der Waals surface area (Å²) in [6.07, 6.45) is 0.948. The van der Waals surface area contributed by atoms with E-state index < -0.39 is 0 Å². The largest absolute Gasteiger partial charge is 0.310 e. The summed E-state index contributed by atoms with van der Waals surface area (Å²) in [6.45, 7) is 2.74. The van der Waals surface area contributed by atoms with Crippen molar-refractivity contribution in [2.75, 3.05) is 0 Å². The summed E-state index contributed by atoms with van der Waals surface area (Å²) in [5.74, 6) is -0.292. The van der Waals surface area contributed by atoms with Crippen LogP contribution < -0.4 is 5.32 Å². The predicted molar refractivity (Wildman–Crippen MR) is 77.9 cm³/mol. The molecule has 0 aromatic heterocycles. The first-order valence-corrected chi connectivity index (χ1v) is 6.73. The van der Waals surface area contributed by atoms with E-state index in [-0.39, 0.29) is 5.82 Å². The number of benzene rings is 2. The van der Waals surface area contributed by atoms with Gasteiger partial charge in [-0.2, -0.15) is 0 Å². The molecule has 1 nitrogen and oxygen atoms in total. The van der Waals surface area contributed by atoms with Crippen molar-refractivity contribution in [2.45, 2.75) is 25.9 Å². The van der Waals surface area contributed by atoms with Gasteiger partial charge in [-0.3, -0.25) is 0 Å². The fourth-order valence-electron chi connectivity index (χ4n) is 2.04. The van der Waals surface area contributed by atoms with Crippen LogP contribution in [0, 0.1) is 5.82 Å². The Bertz CT molecular complexity index is 507. The zero-order chi connectivity index (χ0) is 13.7. The highest BCUT2D eigenvalue weighted by molar-refractivity contribution is 6.30. The minimum Gasteiger partial charge on any atom is -0.310 e. The lowest BCUT2D eigenvalue weighted by molar-refractivity contribution is 0.542. The van der Waals surface area contributed by atoms with Crippen molar-refractivity contribution in [3.05, 3.63) is 70.5 Å². The Balaban J connectivity index is 1.88. The molecular formula is C16H17ClFN. The van der Waals surface area contributed by atoms with Crippen molar-refractivity contribution in [1.82, 2.24) is 5.32 Å². The second-order valence-corrected chi connectivity index (χ2v) is 5.19. The average molecular weight is 278 g/mol. The molecule has 0 aliphatic carbocycles. The van der Waals surface area contributed by atoms with E-state index in [1.807, 2.05) is 18.2 Å². The topological polar surface area (TPSA) is 12.0 Å². The van der Waals surface area contributed by atoms with Gasteiger partial charge in [-0.25, -0.2) is 4.39 Å². The van der Waals surface area contributed by atoms with Crippen molar-refractivity contribution in [3.8, 4) is 0 Å². The van der Waals surface area contributed by atoms with Gasteiger partial charge in [-0.15, -0.1) is 0 Å². The maximum absolute atomic E-state index is 13.2. The smallest absolute Gasteiger partial charge is 0.125 e. The van der Waals surface area contributed by atoms with Crippen LogP contribution in [0.3, 0.4) is 0 Å². The summed E-state index contributed by atoms with van der Waals surface area (Å²) in [7, 11) is 0. The molecule has 3 heteroatoms. The van der Waals surface area contributed by atoms with E-state index in [2.05, 4.69) is 24.4 Å². The minimum atomic E-state index is -0.292. The normalized spacial score (nSPS) is 12.4. The molecule has 1 unspecified atom stereocenters. The van der Waals surface area contributed by atoms with E-state index in [1.165, 1.54) is 17.7 Å². The Labute approximate surface area is 118 Å². The van der Waals surface area contributed by atoms with Gasteiger partial charge < -0.3 is 5.32 Å². The summed E-state index contributed by atoms with van der Waals surface area (Å²) in [5.41, 5.74) is 2.16. The molecule has 0 bridgehead atoms. The highest BCUT2D eigenvalue weighted by Crippen LogP contribution is 2.14. The molecule has 1 atom stereocenters. The highest BCUT2D eigenvalue weighted by atomic mass is 35.5. The van der Waals surface area contributed by atoms with Crippen LogP contribution in [0.2, 0.25) is 5.02 Å². The zero-order valence-electron chi connectivity index (χ0n) is 10.9. The second-order valence-electron chi connectivity index (χ2n) is 4.75. The van der Waals surface area contributed by atoms with Crippen LogP contribution in [0.5, 0.6) is 0 Å². The molecular weight excluding hydrogens is 261 g/mol. The fourth-order valence-corrected chi connectivity index (χ4v) is 2.29. The lowest BCUT2D eigenvalue weighted by Gasteiger charge is -2.14. The van der Waals surface area contributed by atoms with E-state index in [9.17, 15) is 4.39 Å². The Morgan fingerprint density at radius 1 is 1.11 bits per heavy atom. The summed E-state index contributed by atoms with van der Waals surface area (Å²) in [5, 5.41) is 3.81. The van der Waals surface area contributed by atoms with E-state index in [4.69, 9.17) is 11.6 Å². The van der Waals surface area contributed by atoms with E-state index in [0.717, 1.165) is 12.0 Å². The Morgan fingerprint density at radius 3 is 2.53 bits per heavy atom. The van der Waals surface area contributed by atoms with Gasteiger partial charge in [0, 0.05) is 17.6 Å². The Hall–Kier alpha value is -1.38. The van der Waals surface area contributed by atoms with Gasteiger partial charge in [0.25, 0.3) is 0 Å². The van der Waals surface area contributed by atoms with Crippen LogP contribution >= 0.6 is 11.6 Å². The monoisotopic (exact) mass is 277 g/mol. The van der Waals surface area contributed by atoms with Gasteiger partial charge >= 0.3 is 0 Å². The van der Waals surface area contributed by atoms with Crippen LogP contribution in [0.1, 0.15) is 18.1 Å². The van der Waals surface area contributed by atoms with Gasteiger partial charge in [0.05, 0.1) is 0 Å². The van der Waals surface area contributed by atoms with Crippen LogP contribution in [0.15, 0.2) is 48.5 Å². The van der Waals surface area contributed by atoms with Crippen LogP contribution in [0.4, 0.5) is 4.39 Å². The van der Waals surface area contributed by atoms with Gasteiger partial charge in [0.2, 0.25) is 0 Å². The maximum Gasteiger partial charge on any atom is 0.125 e. The van der Waals surface area contributed by atoms with Crippen molar-refractivity contribution in [1.29, 1.82) is 0 Å². The van der Waals surface area contributed by atoms with Gasteiger partial charge in [-0.1, -0.05) is 41.9 Å². The molecule has 2 rings (SSSR count). The molecule has 0 saturated carbocycles. The number of nitrogens with one attached hydrogen (secondary N) is 1. The van der Waals surface area contributed by atoms with Gasteiger partial charge in [0.15, 0.2) is 0 Å². The summed E-state index contributed by atoms with van der Waals surface area (Å²) >= 11 is 5.83. The molecule has 1 N–H and O–H groups in total. The first-order chi connectivity index (χ1) is 9.13. The predicted octanol–water partition coefficient (Wildman–Crippen LogP) is 4.20. The van der Waals surface area contributed by atoms with Crippen molar-refractivity contribution in [2.24, 2.45) is 0 Å². The first-order valence-electron chi connectivity index (χ1n) is 6.36. The maximum atomic E-state index is 13.2. The third kappa shape index (κ3) is 4.66. The molecule has 0 amide bonds. The van der Waals surface area contributed by atoms with E-state index in [0.29, 0.717) is 17.6 Å². The summed E-state index contributed by atoms with van der Waals surface area (Å²) in [4.78, 5) is 0. The Kier molecular flexibility index (Phi) is 4.94. The summed E-state index contributed by atoms with van der Waals surface area (Å²) in [6, 6.07) is 15.2. The molecule has 0 heterocycles. The van der Waals surface area contributed by atoms with Gasteiger partial charge in [0.1, 0.15) is 5.82 Å². The second kappa shape index (κ2) is 6.69. The molecule has 19 heavy (non-hydrogen) atoms. The van der Waals surface area contributed by atoms with Crippen LogP contribution in [-0.4, -0.2) is 6.04 Å². The third-order valence-electron chi connectivity index (χ3n) is 2.96. The fraction of sp³-hybridized carbons (Fsp3) is 0.250. The first kappa shape index (κ1) is 14.0. The number of hydrogen-bond donors (Lipinski definition) is 1. The summed E-state index contributed by atoms with van der Waals surface area (Å²) < 4.78 is 13.2. The molecule has 0 radical (unpaired) electrons. The lowest BCUT2D eigenvalue weighted by atomic mass is 10.1. The average Bonchev–Trinajstić information content (AvgIpc) is 2.36. The molecule has 0 saturated heterocycles. The highest BCUT2D eigenvalue weighted by Gasteiger charge is 2.04. The molecule has 0 aliphatic rings. The molecule has 0 spiro atoms. The van der Waals surface area contributed by atoms with Crippen LogP contribution in [-0.2, 0) is 13.0 Å². The minimum absolute atomic E-state index is 0.292. The van der Waals surface area contributed by atoms with Crippen LogP contribution in [0.25, 0.3) is 0 Å². The number of rotatable bonds is 5. The van der Waals surface area contributed by atoms with Crippen molar-refractivity contribution < 1.29 is 4.39 Å². The van der Waals surface area contributed by atoms with Crippen molar-refractivity contribution in [3.63, 3.8) is 0 Å². The molecule has 2 aromatic rings. The van der Waals surface area contributed by atoms with E-state index in [1.54, 1.807) is 6.07 Å². The van der Waals surface area contributed by atoms with Crippen molar-refractivity contribution >= 4 is 11.6 Å². The third-order valence-corrected chi connectivity index (χ3v) is 3.18. The quantitative estimate of drug-likeness (QED) is 0.864. The zero-order valence-corrected chi connectivity index (χ0v) is 11.6. The Morgan fingerprint density at radius 2 is 1.84 bits per heavy atom. The molecule has 0 fully saturated rings. The molecule has 100 valence electrons. The lowest BCUT2D eigenvalue weighted by Crippen LogP contribution is -2.27. The number of halogens is 2. The molecule has 2 aromatic carbocycles. The SMILES string of the molecule is CC(Cc1ccccc1)NCc1cc(F)cc(Cl)c1.